The van der Waals surface area contributed by atoms with Crippen molar-refractivity contribution in [2.75, 3.05) is 0 Å². The Hall–Kier alpha value is -0.950. The minimum Gasteiger partial charge on any atom is -0.345 e. The number of halogens is 1. The number of benzene rings is 1. The van der Waals surface area contributed by atoms with E-state index in [1.807, 2.05) is 6.92 Å². The molecule has 0 bridgehead atoms. The van der Waals surface area contributed by atoms with E-state index in [0.717, 1.165) is 16.2 Å². The lowest BCUT2D eigenvalue weighted by Gasteiger charge is -1.93. The molecule has 0 fully saturated rings. The van der Waals surface area contributed by atoms with E-state index >= 15 is 0 Å². The standard InChI is InChI=1S/C10H10ClN/c1-6-4-3-5-8-7(2)10(11)12-9(6)8/h3-5,12H,1-2H3. The monoisotopic (exact) mass is 179 g/mol. The van der Waals surface area contributed by atoms with Gasteiger partial charge in [-0.05, 0) is 25.0 Å². The molecular weight excluding hydrogens is 170 g/mol. The van der Waals surface area contributed by atoms with E-state index in [-0.39, 0.29) is 0 Å². The first kappa shape index (κ1) is 7.69. The molecule has 0 radical (unpaired) electrons. The molecule has 62 valence electrons. The first-order valence-electron chi connectivity index (χ1n) is 3.93. The van der Waals surface area contributed by atoms with E-state index in [0.29, 0.717) is 0 Å². The van der Waals surface area contributed by atoms with E-state index in [4.69, 9.17) is 11.6 Å². The van der Waals surface area contributed by atoms with Crippen molar-refractivity contribution in [3.63, 3.8) is 0 Å². The fourth-order valence-corrected chi connectivity index (χ4v) is 1.66. The highest BCUT2D eigenvalue weighted by Crippen LogP contribution is 2.26. The number of aromatic amines is 1. The Bertz CT molecular complexity index is 429. The van der Waals surface area contributed by atoms with Crippen molar-refractivity contribution < 1.29 is 0 Å². The largest absolute Gasteiger partial charge is 0.345 e. The van der Waals surface area contributed by atoms with Gasteiger partial charge in [-0.2, -0.15) is 0 Å². The predicted molar refractivity (Wildman–Crippen MR) is 52.8 cm³/mol. The molecule has 0 aliphatic heterocycles. The van der Waals surface area contributed by atoms with Gasteiger partial charge in [0.2, 0.25) is 0 Å². The number of rotatable bonds is 0. The van der Waals surface area contributed by atoms with E-state index < -0.39 is 0 Å². The average molecular weight is 180 g/mol. The Labute approximate surface area is 76.4 Å². The molecule has 1 N–H and O–H groups in total. The summed E-state index contributed by atoms with van der Waals surface area (Å²) in [6, 6.07) is 6.21. The summed E-state index contributed by atoms with van der Waals surface area (Å²) in [6.07, 6.45) is 0. The maximum absolute atomic E-state index is 5.97. The Morgan fingerprint density at radius 1 is 1.25 bits per heavy atom. The van der Waals surface area contributed by atoms with Gasteiger partial charge in [-0.3, -0.25) is 0 Å². The van der Waals surface area contributed by atoms with Crippen LogP contribution in [0.3, 0.4) is 0 Å². The quantitative estimate of drug-likeness (QED) is 0.638. The first-order valence-corrected chi connectivity index (χ1v) is 4.31. The van der Waals surface area contributed by atoms with Crippen molar-refractivity contribution in [2.24, 2.45) is 0 Å². The Morgan fingerprint density at radius 2 is 2.00 bits per heavy atom. The number of hydrogen-bond acceptors (Lipinski definition) is 0. The average Bonchev–Trinajstić information content (AvgIpc) is 2.32. The SMILES string of the molecule is Cc1c(Cl)[nH]c2c(C)cccc12. The van der Waals surface area contributed by atoms with Crippen LogP contribution in [-0.2, 0) is 0 Å². The van der Waals surface area contributed by atoms with E-state index in [1.54, 1.807) is 0 Å². The molecule has 1 nitrogen and oxygen atoms in total. The lowest BCUT2D eigenvalue weighted by molar-refractivity contribution is 1.40. The highest BCUT2D eigenvalue weighted by Gasteiger charge is 2.05. The Balaban J connectivity index is 2.95. The molecule has 1 aromatic carbocycles. The van der Waals surface area contributed by atoms with Crippen molar-refractivity contribution in [1.82, 2.24) is 4.98 Å². The van der Waals surface area contributed by atoms with Crippen LogP contribution in [-0.4, -0.2) is 4.98 Å². The van der Waals surface area contributed by atoms with Crippen LogP contribution in [0.15, 0.2) is 18.2 Å². The van der Waals surface area contributed by atoms with Gasteiger partial charge in [0.1, 0.15) is 5.15 Å². The predicted octanol–water partition coefficient (Wildman–Crippen LogP) is 3.44. The number of fused-ring (bicyclic) bond motifs is 1. The van der Waals surface area contributed by atoms with Gasteiger partial charge < -0.3 is 4.98 Å². The highest BCUT2D eigenvalue weighted by molar-refractivity contribution is 6.31. The molecule has 0 atom stereocenters. The van der Waals surface area contributed by atoms with Crippen LogP contribution in [0.4, 0.5) is 0 Å². The molecule has 12 heavy (non-hydrogen) atoms. The van der Waals surface area contributed by atoms with Crippen molar-refractivity contribution >= 4 is 22.5 Å². The molecule has 2 aromatic rings. The maximum Gasteiger partial charge on any atom is 0.110 e. The van der Waals surface area contributed by atoms with Gasteiger partial charge in [-0.1, -0.05) is 29.8 Å². The van der Waals surface area contributed by atoms with Crippen molar-refractivity contribution in [3.8, 4) is 0 Å². The lowest BCUT2D eigenvalue weighted by atomic mass is 10.1. The van der Waals surface area contributed by atoms with Gasteiger partial charge in [-0.25, -0.2) is 0 Å². The zero-order valence-corrected chi connectivity index (χ0v) is 7.87. The fourth-order valence-electron chi connectivity index (χ4n) is 1.47. The summed E-state index contributed by atoms with van der Waals surface area (Å²) < 4.78 is 0. The van der Waals surface area contributed by atoms with E-state index in [1.165, 1.54) is 10.9 Å². The summed E-state index contributed by atoms with van der Waals surface area (Å²) >= 11 is 5.97. The van der Waals surface area contributed by atoms with Crippen LogP contribution < -0.4 is 0 Å². The number of nitrogens with one attached hydrogen (secondary N) is 1. The van der Waals surface area contributed by atoms with Crippen LogP contribution in [0.1, 0.15) is 11.1 Å². The first-order chi connectivity index (χ1) is 5.70. The van der Waals surface area contributed by atoms with Gasteiger partial charge in [-0.15, -0.1) is 0 Å². The number of aryl methyl sites for hydroxylation is 2. The molecule has 0 aliphatic carbocycles. The van der Waals surface area contributed by atoms with Crippen LogP contribution >= 0.6 is 11.6 Å². The van der Waals surface area contributed by atoms with Gasteiger partial charge in [0.05, 0.1) is 0 Å². The number of hydrogen-bond donors (Lipinski definition) is 1. The molecule has 0 aliphatic rings. The molecule has 2 rings (SSSR count). The van der Waals surface area contributed by atoms with Gasteiger partial charge >= 0.3 is 0 Å². The van der Waals surface area contributed by atoms with Crippen LogP contribution in [0.25, 0.3) is 10.9 Å². The Kier molecular flexibility index (Phi) is 1.62. The minimum absolute atomic E-state index is 0.749. The topological polar surface area (TPSA) is 15.8 Å². The maximum atomic E-state index is 5.97. The summed E-state index contributed by atoms with van der Waals surface area (Å²) in [5.74, 6) is 0. The number of para-hydroxylation sites is 1. The lowest BCUT2D eigenvalue weighted by Crippen LogP contribution is -1.74. The molecular formula is C10H10ClN. The molecule has 0 saturated carbocycles. The van der Waals surface area contributed by atoms with Gasteiger partial charge in [0.15, 0.2) is 0 Å². The molecule has 0 unspecified atom stereocenters. The second-order valence-electron chi connectivity index (χ2n) is 3.06. The molecule has 1 aromatic heterocycles. The number of H-pyrrole nitrogens is 1. The minimum atomic E-state index is 0.749. The third-order valence-electron chi connectivity index (χ3n) is 2.24. The summed E-state index contributed by atoms with van der Waals surface area (Å²) in [5.41, 5.74) is 3.53. The third kappa shape index (κ3) is 0.935. The Morgan fingerprint density at radius 3 is 2.67 bits per heavy atom. The summed E-state index contributed by atoms with van der Waals surface area (Å²) in [4.78, 5) is 3.16. The zero-order chi connectivity index (χ0) is 8.72. The van der Waals surface area contributed by atoms with Gasteiger partial charge in [0, 0.05) is 10.9 Å². The van der Waals surface area contributed by atoms with E-state index in [2.05, 4.69) is 30.1 Å². The molecule has 0 spiro atoms. The zero-order valence-electron chi connectivity index (χ0n) is 7.11. The van der Waals surface area contributed by atoms with Crippen LogP contribution in [0.2, 0.25) is 5.15 Å². The van der Waals surface area contributed by atoms with Crippen molar-refractivity contribution in [3.05, 3.63) is 34.5 Å². The summed E-state index contributed by atoms with van der Waals surface area (Å²) in [7, 11) is 0. The highest BCUT2D eigenvalue weighted by atomic mass is 35.5. The van der Waals surface area contributed by atoms with Crippen LogP contribution in [0.5, 0.6) is 0 Å². The second-order valence-corrected chi connectivity index (χ2v) is 3.44. The van der Waals surface area contributed by atoms with Crippen LogP contribution in [0, 0.1) is 13.8 Å². The fraction of sp³-hybridized carbons (Fsp3) is 0.200. The molecule has 0 amide bonds. The van der Waals surface area contributed by atoms with E-state index in [9.17, 15) is 0 Å². The van der Waals surface area contributed by atoms with Crippen molar-refractivity contribution in [1.29, 1.82) is 0 Å². The number of aromatic nitrogens is 1. The normalized spacial score (nSPS) is 10.9. The molecule has 2 heteroatoms. The van der Waals surface area contributed by atoms with Gasteiger partial charge in [0.25, 0.3) is 0 Å². The molecule has 0 saturated heterocycles. The molecule has 1 heterocycles. The summed E-state index contributed by atoms with van der Waals surface area (Å²) in [5, 5.41) is 1.97. The van der Waals surface area contributed by atoms with Crippen molar-refractivity contribution in [2.45, 2.75) is 13.8 Å². The third-order valence-corrected chi connectivity index (χ3v) is 2.62. The summed E-state index contributed by atoms with van der Waals surface area (Å²) in [6.45, 7) is 4.11. The smallest absolute Gasteiger partial charge is 0.110 e. The second kappa shape index (κ2) is 2.53.